The molecular weight excluding hydrogens is 242 g/mol. The zero-order valence-corrected chi connectivity index (χ0v) is 11.3. The second kappa shape index (κ2) is 4.45. The summed E-state index contributed by atoms with van der Waals surface area (Å²) in [4.78, 5) is 8.52. The maximum atomic E-state index is 6.44. The Bertz CT molecular complexity index is 565. The standard InChI is InChI=1S/C13H19N5O/c1-9-3-5-13(14,6-4-9)12-16-11(19-17-12)10-7-15-8-18(10)2/h7-9H,3-6,14H2,1-2H3. The van der Waals surface area contributed by atoms with Crippen molar-refractivity contribution < 1.29 is 4.52 Å². The molecular formula is C13H19N5O. The Kier molecular flexibility index (Phi) is 2.89. The van der Waals surface area contributed by atoms with Gasteiger partial charge in [0, 0.05) is 7.05 Å². The molecule has 2 aromatic heterocycles. The van der Waals surface area contributed by atoms with Crippen molar-refractivity contribution in [2.75, 3.05) is 0 Å². The summed E-state index contributed by atoms with van der Waals surface area (Å²) in [5.41, 5.74) is 6.81. The molecule has 1 aliphatic rings. The van der Waals surface area contributed by atoms with Crippen LogP contribution in [-0.2, 0) is 12.6 Å². The van der Waals surface area contributed by atoms with Crippen molar-refractivity contribution in [2.45, 2.75) is 38.1 Å². The topological polar surface area (TPSA) is 82.8 Å². The lowest BCUT2D eigenvalue weighted by Crippen LogP contribution is -2.41. The molecule has 1 saturated carbocycles. The fourth-order valence-electron chi connectivity index (χ4n) is 2.59. The van der Waals surface area contributed by atoms with Gasteiger partial charge in [-0.2, -0.15) is 4.98 Å². The van der Waals surface area contributed by atoms with Crippen LogP contribution in [0, 0.1) is 5.92 Å². The van der Waals surface area contributed by atoms with Crippen LogP contribution < -0.4 is 5.73 Å². The molecule has 2 N–H and O–H groups in total. The summed E-state index contributed by atoms with van der Waals surface area (Å²) >= 11 is 0. The van der Waals surface area contributed by atoms with Crippen LogP contribution in [0.4, 0.5) is 0 Å². The number of rotatable bonds is 2. The molecule has 2 heterocycles. The molecule has 1 aliphatic carbocycles. The summed E-state index contributed by atoms with van der Waals surface area (Å²) in [6, 6.07) is 0. The van der Waals surface area contributed by atoms with Crippen LogP contribution in [0.1, 0.15) is 38.4 Å². The zero-order chi connectivity index (χ0) is 13.5. The Balaban J connectivity index is 1.87. The van der Waals surface area contributed by atoms with Gasteiger partial charge in [-0.3, -0.25) is 0 Å². The summed E-state index contributed by atoms with van der Waals surface area (Å²) in [7, 11) is 1.90. The summed E-state index contributed by atoms with van der Waals surface area (Å²) in [6.45, 7) is 2.26. The predicted molar refractivity (Wildman–Crippen MR) is 70.0 cm³/mol. The van der Waals surface area contributed by atoms with Crippen molar-refractivity contribution in [3.05, 3.63) is 18.3 Å². The van der Waals surface area contributed by atoms with Crippen molar-refractivity contribution in [3.8, 4) is 11.6 Å². The summed E-state index contributed by atoms with van der Waals surface area (Å²) in [6.07, 6.45) is 7.48. The summed E-state index contributed by atoms with van der Waals surface area (Å²) < 4.78 is 7.18. The van der Waals surface area contributed by atoms with Gasteiger partial charge in [-0.25, -0.2) is 4.98 Å². The first-order chi connectivity index (χ1) is 9.08. The lowest BCUT2D eigenvalue weighted by atomic mass is 9.77. The molecule has 19 heavy (non-hydrogen) atoms. The molecule has 0 atom stereocenters. The minimum absolute atomic E-state index is 0.438. The number of nitrogens with zero attached hydrogens (tertiary/aromatic N) is 4. The third kappa shape index (κ3) is 2.16. The lowest BCUT2D eigenvalue weighted by Gasteiger charge is -2.33. The van der Waals surface area contributed by atoms with E-state index in [0.717, 1.165) is 37.3 Å². The van der Waals surface area contributed by atoms with Gasteiger partial charge in [0.05, 0.1) is 18.1 Å². The van der Waals surface area contributed by atoms with E-state index in [1.807, 2.05) is 11.6 Å². The minimum Gasteiger partial charge on any atom is -0.332 e. The Labute approximate surface area is 112 Å². The Morgan fingerprint density at radius 2 is 2.16 bits per heavy atom. The average Bonchev–Trinajstić information content (AvgIpc) is 3.01. The van der Waals surface area contributed by atoms with Crippen molar-refractivity contribution in [1.82, 2.24) is 19.7 Å². The highest BCUT2D eigenvalue weighted by molar-refractivity contribution is 5.45. The van der Waals surface area contributed by atoms with E-state index in [2.05, 4.69) is 22.0 Å². The van der Waals surface area contributed by atoms with E-state index < -0.39 is 5.54 Å². The largest absolute Gasteiger partial charge is 0.332 e. The average molecular weight is 261 g/mol. The van der Waals surface area contributed by atoms with Gasteiger partial charge < -0.3 is 14.8 Å². The Morgan fingerprint density at radius 3 is 2.79 bits per heavy atom. The van der Waals surface area contributed by atoms with Crippen LogP contribution in [0.2, 0.25) is 0 Å². The second-order valence-corrected chi connectivity index (χ2v) is 5.65. The van der Waals surface area contributed by atoms with E-state index >= 15 is 0 Å². The number of aryl methyl sites for hydroxylation is 1. The smallest absolute Gasteiger partial charge is 0.276 e. The molecule has 1 fully saturated rings. The van der Waals surface area contributed by atoms with Gasteiger partial charge in [0.25, 0.3) is 5.89 Å². The number of aromatic nitrogens is 4. The van der Waals surface area contributed by atoms with Crippen LogP contribution in [0.5, 0.6) is 0 Å². The van der Waals surface area contributed by atoms with Crippen molar-refractivity contribution in [2.24, 2.45) is 18.7 Å². The Morgan fingerprint density at radius 1 is 1.42 bits per heavy atom. The first-order valence-electron chi connectivity index (χ1n) is 6.68. The van der Waals surface area contributed by atoms with Crippen molar-refractivity contribution in [3.63, 3.8) is 0 Å². The number of nitrogens with two attached hydrogens (primary N) is 1. The predicted octanol–water partition coefficient (Wildman–Crippen LogP) is 1.83. The molecule has 0 aromatic carbocycles. The monoisotopic (exact) mass is 261 g/mol. The van der Waals surface area contributed by atoms with Crippen molar-refractivity contribution >= 4 is 0 Å². The molecule has 3 rings (SSSR count). The quantitative estimate of drug-likeness (QED) is 0.891. The lowest BCUT2D eigenvalue weighted by molar-refractivity contribution is 0.230. The molecule has 6 heteroatoms. The van der Waals surface area contributed by atoms with E-state index in [0.29, 0.717) is 11.7 Å². The third-order valence-corrected chi connectivity index (χ3v) is 4.07. The van der Waals surface area contributed by atoms with E-state index in [4.69, 9.17) is 10.3 Å². The summed E-state index contributed by atoms with van der Waals surface area (Å²) in [5, 5.41) is 4.08. The second-order valence-electron chi connectivity index (χ2n) is 5.65. The number of imidazole rings is 1. The van der Waals surface area contributed by atoms with Crippen LogP contribution >= 0.6 is 0 Å². The highest BCUT2D eigenvalue weighted by atomic mass is 16.5. The van der Waals surface area contributed by atoms with Gasteiger partial charge in [-0.15, -0.1) is 0 Å². The van der Waals surface area contributed by atoms with E-state index in [1.54, 1.807) is 12.5 Å². The van der Waals surface area contributed by atoms with E-state index in [9.17, 15) is 0 Å². The molecule has 0 bridgehead atoms. The molecule has 0 amide bonds. The van der Waals surface area contributed by atoms with Gasteiger partial charge in [-0.05, 0) is 31.6 Å². The fourth-order valence-corrected chi connectivity index (χ4v) is 2.59. The normalized spacial score (nSPS) is 27.6. The van der Waals surface area contributed by atoms with E-state index in [-0.39, 0.29) is 0 Å². The van der Waals surface area contributed by atoms with Crippen molar-refractivity contribution in [1.29, 1.82) is 0 Å². The molecule has 6 nitrogen and oxygen atoms in total. The first-order valence-corrected chi connectivity index (χ1v) is 6.68. The van der Waals surface area contributed by atoms with Gasteiger partial charge in [0.2, 0.25) is 0 Å². The highest BCUT2D eigenvalue weighted by Crippen LogP contribution is 2.36. The van der Waals surface area contributed by atoms with E-state index in [1.165, 1.54) is 0 Å². The molecule has 0 radical (unpaired) electrons. The number of hydrogen-bond donors (Lipinski definition) is 1. The fraction of sp³-hybridized carbons (Fsp3) is 0.615. The van der Waals surface area contributed by atoms with Crippen LogP contribution in [0.3, 0.4) is 0 Å². The molecule has 0 aliphatic heterocycles. The van der Waals surface area contributed by atoms with Gasteiger partial charge in [0.15, 0.2) is 5.82 Å². The van der Waals surface area contributed by atoms with Crippen LogP contribution in [-0.4, -0.2) is 19.7 Å². The highest BCUT2D eigenvalue weighted by Gasteiger charge is 2.36. The molecule has 0 spiro atoms. The van der Waals surface area contributed by atoms with Gasteiger partial charge in [0.1, 0.15) is 5.69 Å². The molecule has 102 valence electrons. The van der Waals surface area contributed by atoms with Gasteiger partial charge >= 0.3 is 0 Å². The molecule has 2 aromatic rings. The SMILES string of the molecule is CC1CCC(N)(c2noc(-c3cncn3C)n2)CC1. The zero-order valence-electron chi connectivity index (χ0n) is 11.3. The first kappa shape index (κ1) is 12.3. The van der Waals surface area contributed by atoms with Crippen LogP contribution in [0.15, 0.2) is 17.0 Å². The van der Waals surface area contributed by atoms with Crippen LogP contribution in [0.25, 0.3) is 11.6 Å². The summed E-state index contributed by atoms with van der Waals surface area (Å²) in [5.74, 6) is 1.84. The molecule has 0 saturated heterocycles. The minimum atomic E-state index is -0.438. The van der Waals surface area contributed by atoms with Gasteiger partial charge in [-0.1, -0.05) is 12.1 Å². The Hall–Kier alpha value is -1.69. The third-order valence-electron chi connectivity index (χ3n) is 4.07. The maximum Gasteiger partial charge on any atom is 0.276 e. The molecule has 0 unspecified atom stereocenters. The maximum absolute atomic E-state index is 6.44. The number of hydrogen-bond acceptors (Lipinski definition) is 5.